The zero-order valence-corrected chi connectivity index (χ0v) is 30.4. The lowest BCUT2D eigenvalue weighted by molar-refractivity contribution is -0.0658. The molecular formula is C36H54N5O9P. The van der Waals surface area contributed by atoms with Crippen LogP contribution in [-0.4, -0.2) is 80.5 Å². The van der Waals surface area contributed by atoms with Crippen LogP contribution < -0.4 is 5.73 Å². The number of nitrogens with two attached hydrogens (primary N) is 1. The Morgan fingerprint density at radius 2 is 1.69 bits per heavy atom. The van der Waals surface area contributed by atoms with Crippen molar-refractivity contribution in [2.45, 2.75) is 121 Å². The van der Waals surface area contributed by atoms with Crippen molar-refractivity contribution in [2.75, 3.05) is 32.2 Å². The highest BCUT2D eigenvalue weighted by Gasteiger charge is 2.58. The molecule has 5 N–H and O–H groups in total. The van der Waals surface area contributed by atoms with E-state index in [1.54, 1.807) is 6.07 Å². The highest BCUT2D eigenvalue weighted by Crippen LogP contribution is 2.46. The molecule has 4 rings (SSSR count). The Kier molecular flexibility index (Phi) is 16.7. The average Bonchev–Trinajstić information content (AvgIpc) is 3.68. The van der Waals surface area contributed by atoms with E-state index in [0.29, 0.717) is 18.5 Å². The molecule has 1 aromatic carbocycles. The van der Waals surface area contributed by atoms with E-state index in [1.165, 1.54) is 42.6 Å². The smallest absolute Gasteiger partial charge is 0.387 e. The molecule has 2 aromatic heterocycles. The van der Waals surface area contributed by atoms with E-state index in [2.05, 4.69) is 17.0 Å². The van der Waals surface area contributed by atoms with Crippen LogP contribution in [0.4, 0.5) is 5.82 Å². The van der Waals surface area contributed by atoms with Gasteiger partial charge in [-0.15, -0.1) is 0 Å². The van der Waals surface area contributed by atoms with Crippen molar-refractivity contribution in [3.63, 3.8) is 0 Å². The lowest BCUT2D eigenvalue weighted by Gasteiger charge is -2.24. The Hall–Kier alpha value is -2.96. The van der Waals surface area contributed by atoms with Gasteiger partial charge in [-0.25, -0.2) is 14.1 Å². The number of phosphoric acid groups is 1. The lowest BCUT2D eigenvalue weighted by Crippen LogP contribution is -2.41. The summed E-state index contributed by atoms with van der Waals surface area (Å²) in [5.41, 5.74) is 5.27. The van der Waals surface area contributed by atoms with E-state index < -0.39 is 44.4 Å². The highest BCUT2D eigenvalue weighted by atomic mass is 31.2. The number of nitrogen functional groups attached to an aromatic ring is 1. The van der Waals surface area contributed by atoms with E-state index in [-0.39, 0.29) is 18.1 Å². The maximum Gasteiger partial charge on any atom is 0.472 e. The van der Waals surface area contributed by atoms with Crippen LogP contribution in [0.15, 0.2) is 48.8 Å². The number of benzene rings is 1. The quantitative estimate of drug-likeness (QED) is 0.0621. The van der Waals surface area contributed by atoms with Crippen molar-refractivity contribution >= 4 is 19.2 Å². The van der Waals surface area contributed by atoms with E-state index in [4.69, 9.17) is 29.0 Å². The molecule has 1 aliphatic heterocycles. The molecule has 0 aliphatic carbocycles. The molecule has 0 bridgehead atoms. The third-order valence-electron chi connectivity index (χ3n) is 9.10. The van der Waals surface area contributed by atoms with Crippen LogP contribution in [0.3, 0.4) is 0 Å². The number of unbranched alkanes of at least 4 members (excludes halogenated alkanes) is 9. The van der Waals surface area contributed by atoms with Gasteiger partial charge in [0.1, 0.15) is 36.2 Å². The fourth-order valence-electron chi connectivity index (χ4n) is 6.13. The number of rotatable bonds is 25. The molecule has 0 saturated carbocycles. The van der Waals surface area contributed by atoms with Crippen LogP contribution in [0.1, 0.15) is 95.2 Å². The average molecular weight is 732 g/mol. The predicted molar refractivity (Wildman–Crippen MR) is 190 cm³/mol. The summed E-state index contributed by atoms with van der Waals surface area (Å²) in [6.07, 6.45) is 9.05. The van der Waals surface area contributed by atoms with E-state index in [0.717, 1.165) is 63.7 Å². The van der Waals surface area contributed by atoms with Crippen molar-refractivity contribution in [3.8, 4) is 6.07 Å². The van der Waals surface area contributed by atoms with Crippen LogP contribution in [-0.2, 0) is 40.0 Å². The van der Waals surface area contributed by atoms with Crippen molar-refractivity contribution in [2.24, 2.45) is 0 Å². The number of nitrogens with zero attached hydrogens (tertiary/aromatic N) is 4. The zero-order chi connectivity index (χ0) is 36.5. The van der Waals surface area contributed by atoms with Gasteiger partial charge in [0.25, 0.3) is 0 Å². The van der Waals surface area contributed by atoms with Gasteiger partial charge in [-0.05, 0) is 37.0 Å². The van der Waals surface area contributed by atoms with Gasteiger partial charge in [-0.2, -0.15) is 10.4 Å². The molecule has 14 nitrogen and oxygen atoms in total. The molecule has 282 valence electrons. The normalized spacial score (nSPS) is 22.2. The van der Waals surface area contributed by atoms with E-state index >= 15 is 0 Å². The number of aliphatic hydroxyl groups is 2. The largest absolute Gasteiger partial charge is 0.472 e. The first kappa shape index (κ1) is 40.8. The van der Waals surface area contributed by atoms with Crippen LogP contribution >= 0.6 is 7.82 Å². The van der Waals surface area contributed by atoms with Crippen molar-refractivity contribution < 1.29 is 42.9 Å². The number of hydrogen-bond acceptors (Lipinski definition) is 12. The number of aliphatic hydroxyl groups excluding tert-OH is 2. The van der Waals surface area contributed by atoms with E-state index in [1.807, 2.05) is 36.4 Å². The van der Waals surface area contributed by atoms with Gasteiger partial charge < -0.3 is 35.1 Å². The second kappa shape index (κ2) is 20.9. The molecular weight excluding hydrogens is 677 g/mol. The van der Waals surface area contributed by atoms with Crippen LogP contribution in [0, 0.1) is 11.3 Å². The highest BCUT2D eigenvalue weighted by molar-refractivity contribution is 7.47. The van der Waals surface area contributed by atoms with Crippen LogP contribution in [0.25, 0.3) is 5.52 Å². The Bertz CT molecular complexity index is 1540. The molecule has 0 amide bonds. The maximum absolute atomic E-state index is 13.0. The summed E-state index contributed by atoms with van der Waals surface area (Å²) in [5, 5.41) is 35.9. The summed E-state index contributed by atoms with van der Waals surface area (Å²) in [6.45, 7) is 3.34. The first-order chi connectivity index (χ1) is 24.7. The third kappa shape index (κ3) is 12.0. The molecule has 0 radical (unpaired) electrons. The lowest BCUT2D eigenvalue weighted by atomic mass is 9.92. The zero-order valence-electron chi connectivity index (χ0n) is 29.6. The van der Waals surface area contributed by atoms with Gasteiger partial charge in [0.2, 0.25) is 5.60 Å². The number of ether oxygens (including phenoxy) is 3. The monoisotopic (exact) mass is 731 g/mol. The Balaban J connectivity index is 1.22. The standard InChI is InChI=1S/C36H54N5O9P/c1-2-3-4-8-14-21-46-22-15-9-6-5-7-13-18-29(47-23-28-16-11-10-12-17-28)24-48-51(44,45)49-25-31-33(42)34(43)36(26-37,50-31)32-20-19-30-35(38)39-27-40-41(30)32/h10-12,16-17,19-20,27,29,31,33-34,42-43H,2-9,13-15,18,21-25H2,1H3,(H,44,45)(H2,38,39,40)/t29-,31-,33+,34?,36+/m1/s1. The number of fused-ring (bicyclic) bond motifs is 1. The number of nitriles is 1. The Morgan fingerprint density at radius 3 is 2.39 bits per heavy atom. The van der Waals surface area contributed by atoms with Crippen molar-refractivity contribution in [3.05, 3.63) is 60.0 Å². The minimum absolute atomic E-state index is 0.0995. The number of aromatic nitrogens is 3. The van der Waals surface area contributed by atoms with Gasteiger partial charge >= 0.3 is 7.82 Å². The van der Waals surface area contributed by atoms with Crippen LogP contribution in [0.2, 0.25) is 0 Å². The topological polar surface area (TPSA) is 204 Å². The molecule has 51 heavy (non-hydrogen) atoms. The summed E-state index contributed by atoms with van der Waals surface area (Å²) < 4.78 is 42.5. The molecule has 1 aliphatic rings. The summed E-state index contributed by atoms with van der Waals surface area (Å²) in [4.78, 5) is 14.5. The third-order valence-corrected chi connectivity index (χ3v) is 10.0. The first-order valence-corrected chi connectivity index (χ1v) is 19.6. The fourth-order valence-corrected chi connectivity index (χ4v) is 6.89. The molecule has 2 unspecified atom stereocenters. The van der Waals surface area contributed by atoms with Crippen LogP contribution in [0.5, 0.6) is 0 Å². The van der Waals surface area contributed by atoms with Crippen molar-refractivity contribution in [1.29, 1.82) is 5.26 Å². The van der Waals surface area contributed by atoms with Gasteiger partial charge in [-0.1, -0.05) is 95.0 Å². The number of hydrogen-bond donors (Lipinski definition) is 4. The second-order valence-corrected chi connectivity index (χ2v) is 14.5. The maximum atomic E-state index is 13.0. The second-order valence-electron chi connectivity index (χ2n) is 13.0. The Morgan fingerprint density at radius 1 is 1.00 bits per heavy atom. The predicted octanol–water partition coefficient (Wildman–Crippen LogP) is 5.59. The summed E-state index contributed by atoms with van der Waals surface area (Å²) in [5.74, 6) is 0.140. The Labute approximate surface area is 300 Å². The summed E-state index contributed by atoms with van der Waals surface area (Å²) >= 11 is 0. The first-order valence-electron chi connectivity index (χ1n) is 18.1. The molecule has 0 spiro atoms. The number of anilines is 1. The molecule has 1 fully saturated rings. The number of phosphoric ester groups is 1. The summed E-state index contributed by atoms with van der Waals surface area (Å²) in [7, 11) is -4.66. The SMILES string of the molecule is CCCCCCCOCCCCCCCC[C@H](COP(=O)(O)OC[C@H]1O[C@@](C#N)(c2ccc3c(N)ncnn23)C(O)[C@H]1O)OCc1ccccc1. The minimum atomic E-state index is -4.66. The van der Waals surface area contributed by atoms with Crippen molar-refractivity contribution in [1.82, 2.24) is 14.6 Å². The van der Waals surface area contributed by atoms with Gasteiger partial charge in [0.15, 0.2) is 5.82 Å². The molecule has 3 aromatic rings. The van der Waals surface area contributed by atoms with Gasteiger partial charge in [0, 0.05) is 13.2 Å². The van der Waals surface area contributed by atoms with E-state index in [9.17, 15) is 24.9 Å². The molecule has 15 heteroatoms. The molecule has 3 heterocycles. The molecule has 1 saturated heterocycles. The minimum Gasteiger partial charge on any atom is -0.387 e. The van der Waals surface area contributed by atoms with Gasteiger partial charge in [-0.3, -0.25) is 9.05 Å². The molecule has 6 atom stereocenters. The fraction of sp³-hybridized carbons (Fsp3) is 0.639. The summed E-state index contributed by atoms with van der Waals surface area (Å²) in [6, 6.07) is 14.6. The van der Waals surface area contributed by atoms with Gasteiger partial charge in [0.05, 0.1) is 31.6 Å².